The van der Waals surface area contributed by atoms with Crippen molar-refractivity contribution in [1.82, 2.24) is 10.3 Å². The van der Waals surface area contributed by atoms with Gasteiger partial charge in [0.05, 0.1) is 0 Å². The zero-order valence-electron chi connectivity index (χ0n) is 12.9. The van der Waals surface area contributed by atoms with Crippen LogP contribution in [0.1, 0.15) is 51.5 Å². The number of aromatic nitrogens is 1. The van der Waals surface area contributed by atoms with Crippen molar-refractivity contribution in [3.8, 4) is 0 Å². The van der Waals surface area contributed by atoms with E-state index in [0.29, 0.717) is 11.9 Å². The van der Waals surface area contributed by atoms with Crippen LogP contribution in [-0.4, -0.2) is 17.6 Å². The number of anilines is 1. The largest absolute Gasteiger partial charge is 0.383 e. The molecule has 0 radical (unpaired) electrons. The molecule has 3 N–H and O–H groups in total. The summed E-state index contributed by atoms with van der Waals surface area (Å²) < 4.78 is 0. The summed E-state index contributed by atoms with van der Waals surface area (Å²) >= 11 is 0. The van der Waals surface area contributed by atoms with Crippen LogP contribution in [-0.2, 0) is 6.42 Å². The van der Waals surface area contributed by atoms with Gasteiger partial charge in [0.25, 0.3) is 0 Å². The molecule has 0 amide bonds. The van der Waals surface area contributed by atoms with E-state index in [4.69, 9.17) is 5.73 Å². The standard InChI is InChI=1S/C17H29N3/c1-3-10-19-16(14-8-6-13(2)7-9-14)12-15-5-4-11-20-17(15)18/h4-5,11,13-14,16,19H,3,6-10,12H2,1-2H3,(H2,18,20). The maximum absolute atomic E-state index is 6.01. The van der Waals surface area contributed by atoms with Crippen LogP contribution in [0.15, 0.2) is 18.3 Å². The highest BCUT2D eigenvalue weighted by Crippen LogP contribution is 2.32. The van der Waals surface area contributed by atoms with Crippen LogP contribution in [0.5, 0.6) is 0 Å². The highest BCUT2D eigenvalue weighted by Gasteiger charge is 2.26. The van der Waals surface area contributed by atoms with Crippen LogP contribution in [0.25, 0.3) is 0 Å². The number of hydrogen-bond acceptors (Lipinski definition) is 3. The molecule has 3 heteroatoms. The summed E-state index contributed by atoms with van der Waals surface area (Å²) in [5.74, 6) is 2.39. The minimum Gasteiger partial charge on any atom is -0.383 e. The smallest absolute Gasteiger partial charge is 0.126 e. The van der Waals surface area contributed by atoms with Crippen molar-refractivity contribution in [1.29, 1.82) is 0 Å². The van der Waals surface area contributed by atoms with Gasteiger partial charge in [-0.2, -0.15) is 0 Å². The second-order valence-electron chi connectivity index (χ2n) is 6.33. The fourth-order valence-corrected chi connectivity index (χ4v) is 3.28. The predicted molar refractivity (Wildman–Crippen MR) is 85.6 cm³/mol. The van der Waals surface area contributed by atoms with Gasteiger partial charge in [-0.25, -0.2) is 4.98 Å². The molecule has 0 aromatic carbocycles. The number of pyridine rings is 1. The van der Waals surface area contributed by atoms with Gasteiger partial charge in [0.2, 0.25) is 0 Å². The number of nitrogens with one attached hydrogen (secondary N) is 1. The summed E-state index contributed by atoms with van der Waals surface area (Å²) in [6, 6.07) is 4.66. The summed E-state index contributed by atoms with van der Waals surface area (Å²) in [7, 11) is 0. The van der Waals surface area contributed by atoms with E-state index >= 15 is 0 Å². The first-order valence-corrected chi connectivity index (χ1v) is 8.13. The zero-order chi connectivity index (χ0) is 14.4. The lowest BCUT2D eigenvalue weighted by Gasteiger charge is -2.33. The summed E-state index contributed by atoms with van der Waals surface area (Å²) in [6.45, 7) is 5.70. The normalized spacial score (nSPS) is 24.5. The van der Waals surface area contributed by atoms with E-state index in [-0.39, 0.29) is 0 Å². The van der Waals surface area contributed by atoms with Gasteiger partial charge in [-0.15, -0.1) is 0 Å². The maximum Gasteiger partial charge on any atom is 0.126 e. The lowest BCUT2D eigenvalue weighted by atomic mass is 9.77. The Balaban J connectivity index is 2.01. The van der Waals surface area contributed by atoms with E-state index in [0.717, 1.165) is 24.8 Å². The Morgan fingerprint density at radius 1 is 1.35 bits per heavy atom. The third-order valence-electron chi connectivity index (χ3n) is 4.65. The van der Waals surface area contributed by atoms with Gasteiger partial charge in [0.15, 0.2) is 0 Å². The molecule has 1 aliphatic carbocycles. The molecule has 0 bridgehead atoms. The summed E-state index contributed by atoms with van der Waals surface area (Å²) in [5.41, 5.74) is 7.20. The lowest BCUT2D eigenvalue weighted by molar-refractivity contribution is 0.229. The first-order chi connectivity index (χ1) is 9.70. The number of rotatable bonds is 6. The molecule has 1 atom stereocenters. The Hall–Kier alpha value is -1.09. The zero-order valence-corrected chi connectivity index (χ0v) is 12.9. The second kappa shape index (κ2) is 7.63. The summed E-state index contributed by atoms with van der Waals surface area (Å²) in [6.07, 6.45) is 9.41. The highest BCUT2D eigenvalue weighted by molar-refractivity contribution is 5.39. The molecule has 112 valence electrons. The minimum atomic E-state index is 0.550. The summed E-state index contributed by atoms with van der Waals surface area (Å²) in [4.78, 5) is 4.22. The fraction of sp³-hybridized carbons (Fsp3) is 0.706. The van der Waals surface area contributed by atoms with Crippen molar-refractivity contribution < 1.29 is 0 Å². The van der Waals surface area contributed by atoms with E-state index in [2.05, 4.69) is 30.2 Å². The van der Waals surface area contributed by atoms with Gasteiger partial charge in [-0.3, -0.25) is 0 Å². The van der Waals surface area contributed by atoms with E-state index in [1.807, 2.05) is 6.07 Å². The molecule has 20 heavy (non-hydrogen) atoms. The van der Waals surface area contributed by atoms with Crippen LogP contribution < -0.4 is 11.1 Å². The van der Waals surface area contributed by atoms with Gasteiger partial charge in [0, 0.05) is 12.2 Å². The SMILES string of the molecule is CCCNC(Cc1cccnc1N)C1CCC(C)CC1. The molecule has 1 aliphatic rings. The lowest BCUT2D eigenvalue weighted by Crippen LogP contribution is -2.40. The molecule has 1 aromatic heterocycles. The summed E-state index contributed by atoms with van der Waals surface area (Å²) in [5, 5.41) is 3.75. The Kier molecular flexibility index (Phi) is 5.84. The molecule has 0 spiro atoms. The highest BCUT2D eigenvalue weighted by atomic mass is 14.9. The van der Waals surface area contributed by atoms with Gasteiger partial charge >= 0.3 is 0 Å². The van der Waals surface area contributed by atoms with Crippen LogP contribution >= 0.6 is 0 Å². The topological polar surface area (TPSA) is 50.9 Å². The molecule has 1 unspecified atom stereocenters. The monoisotopic (exact) mass is 275 g/mol. The van der Waals surface area contributed by atoms with Crippen LogP contribution in [0.4, 0.5) is 5.82 Å². The van der Waals surface area contributed by atoms with Gasteiger partial charge in [-0.1, -0.05) is 32.8 Å². The van der Waals surface area contributed by atoms with E-state index < -0.39 is 0 Å². The van der Waals surface area contributed by atoms with Crippen molar-refractivity contribution >= 4 is 5.82 Å². The van der Waals surface area contributed by atoms with Crippen molar-refractivity contribution in [2.75, 3.05) is 12.3 Å². The van der Waals surface area contributed by atoms with Crippen LogP contribution in [0.2, 0.25) is 0 Å². The number of nitrogens with zero attached hydrogens (tertiary/aromatic N) is 1. The van der Waals surface area contributed by atoms with Crippen molar-refractivity contribution in [3.63, 3.8) is 0 Å². The van der Waals surface area contributed by atoms with Crippen LogP contribution in [0, 0.1) is 11.8 Å². The fourth-order valence-electron chi connectivity index (χ4n) is 3.28. The van der Waals surface area contributed by atoms with Crippen molar-refractivity contribution in [3.05, 3.63) is 23.9 Å². The van der Waals surface area contributed by atoms with Crippen molar-refractivity contribution in [2.24, 2.45) is 11.8 Å². The molecular formula is C17H29N3. The third kappa shape index (κ3) is 4.20. The molecule has 0 aliphatic heterocycles. The predicted octanol–water partition coefficient (Wildman–Crippen LogP) is 3.40. The van der Waals surface area contributed by atoms with Gasteiger partial charge < -0.3 is 11.1 Å². The second-order valence-corrected chi connectivity index (χ2v) is 6.33. The molecule has 2 rings (SSSR count). The van der Waals surface area contributed by atoms with Crippen molar-refractivity contribution in [2.45, 2.75) is 58.4 Å². The molecule has 1 aromatic rings. The Bertz CT molecular complexity index is 397. The number of nitrogens with two attached hydrogens (primary N) is 1. The molecule has 3 nitrogen and oxygen atoms in total. The Morgan fingerprint density at radius 2 is 2.10 bits per heavy atom. The van der Waals surface area contributed by atoms with E-state index in [1.165, 1.54) is 37.7 Å². The molecule has 1 saturated carbocycles. The first-order valence-electron chi connectivity index (χ1n) is 8.13. The third-order valence-corrected chi connectivity index (χ3v) is 4.65. The Morgan fingerprint density at radius 3 is 2.75 bits per heavy atom. The average Bonchev–Trinajstić information content (AvgIpc) is 2.46. The number of nitrogen functional groups attached to an aromatic ring is 1. The average molecular weight is 275 g/mol. The molecule has 0 saturated heterocycles. The number of hydrogen-bond donors (Lipinski definition) is 2. The van der Waals surface area contributed by atoms with Gasteiger partial charge in [0.1, 0.15) is 5.82 Å². The maximum atomic E-state index is 6.01. The molecule has 1 fully saturated rings. The van der Waals surface area contributed by atoms with Gasteiger partial charge in [-0.05, 0) is 55.7 Å². The first kappa shape index (κ1) is 15.3. The molecular weight excluding hydrogens is 246 g/mol. The van der Waals surface area contributed by atoms with E-state index in [9.17, 15) is 0 Å². The quantitative estimate of drug-likeness (QED) is 0.836. The Labute approximate surface area is 123 Å². The van der Waals surface area contributed by atoms with Crippen LogP contribution in [0.3, 0.4) is 0 Å². The molecule has 1 heterocycles. The van der Waals surface area contributed by atoms with E-state index in [1.54, 1.807) is 6.20 Å². The minimum absolute atomic E-state index is 0.550.